The predicted octanol–water partition coefficient (Wildman–Crippen LogP) is 14.1. The van der Waals surface area contributed by atoms with E-state index in [0.717, 1.165) is 45.5 Å². The topological polar surface area (TPSA) is 35.5 Å². The Hall–Kier alpha value is -3.37. The lowest BCUT2D eigenvalue weighted by molar-refractivity contribution is 0.469. The highest BCUT2D eigenvalue weighted by Crippen LogP contribution is 2.47. The number of fused-ring (bicyclic) bond motifs is 7. The molecule has 0 bridgehead atoms. The predicted molar refractivity (Wildman–Crippen MR) is 209 cm³/mol. The monoisotopic (exact) mass is 664 g/mol. The molecule has 1 aliphatic rings. The van der Waals surface area contributed by atoms with E-state index in [1.54, 1.807) is 0 Å². The van der Waals surface area contributed by atoms with Gasteiger partial charge in [0.15, 0.2) is 11.5 Å². The highest BCUT2D eigenvalue weighted by atomic mass is 32.2. The van der Waals surface area contributed by atoms with Crippen molar-refractivity contribution in [3.63, 3.8) is 0 Å². The minimum atomic E-state index is -1.92. The molecular formula is C44H56O3S. The van der Waals surface area contributed by atoms with Crippen LogP contribution >= 0.6 is 0 Å². The van der Waals surface area contributed by atoms with Crippen LogP contribution in [0.4, 0.5) is 0 Å². The van der Waals surface area contributed by atoms with Crippen LogP contribution in [-0.4, -0.2) is 4.21 Å². The Kier molecular flexibility index (Phi) is 14.7. The van der Waals surface area contributed by atoms with E-state index in [4.69, 9.17) is 8.37 Å². The van der Waals surface area contributed by atoms with Crippen LogP contribution in [0.15, 0.2) is 72.8 Å². The van der Waals surface area contributed by atoms with Crippen LogP contribution in [0, 0.1) is 0 Å². The maximum absolute atomic E-state index is 12.8. The van der Waals surface area contributed by atoms with Crippen molar-refractivity contribution in [1.29, 1.82) is 0 Å². The fourth-order valence-electron chi connectivity index (χ4n) is 6.91. The molecule has 0 N–H and O–H groups in total. The van der Waals surface area contributed by atoms with Gasteiger partial charge in [0.25, 0.3) is 0 Å². The fraction of sp³-hybridized carbons (Fsp3) is 0.455. The quantitative estimate of drug-likeness (QED) is 0.0882. The van der Waals surface area contributed by atoms with E-state index >= 15 is 0 Å². The number of rotatable bonds is 20. The molecule has 1 heterocycles. The van der Waals surface area contributed by atoms with Gasteiger partial charge in [0.05, 0.1) is 0 Å². The second-order valence-electron chi connectivity index (χ2n) is 13.5. The summed E-state index contributed by atoms with van der Waals surface area (Å²) in [4.78, 5) is 0. The zero-order chi connectivity index (χ0) is 33.4. The number of allylic oxidation sites excluding steroid dienone is 2. The van der Waals surface area contributed by atoms with Crippen molar-refractivity contribution in [3.8, 4) is 22.6 Å². The van der Waals surface area contributed by atoms with Gasteiger partial charge in [-0.3, -0.25) is 0 Å². The van der Waals surface area contributed by atoms with Crippen molar-refractivity contribution in [3.05, 3.63) is 83.9 Å². The molecule has 0 spiro atoms. The zero-order valence-electron chi connectivity index (χ0n) is 29.4. The number of hydrogen-bond acceptors (Lipinski definition) is 3. The van der Waals surface area contributed by atoms with Gasteiger partial charge in [-0.1, -0.05) is 164 Å². The molecule has 4 aromatic rings. The molecule has 5 rings (SSSR count). The molecule has 0 aromatic heterocycles. The van der Waals surface area contributed by atoms with Gasteiger partial charge in [-0.05, 0) is 82.6 Å². The molecule has 0 saturated carbocycles. The van der Waals surface area contributed by atoms with Gasteiger partial charge >= 0.3 is 11.4 Å². The van der Waals surface area contributed by atoms with E-state index < -0.39 is 11.4 Å². The molecule has 0 radical (unpaired) electrons. The van der Waals surface area contributed by atoms with Gasteiger partial charge in [0, 0.05) is 11.1 Å². The van der Waals surface area contributed by atoms with Crippen LogP contribution in [0.25, 0.3) is 44.8 Å². The normalized spacial score (nSPS) is 13.2. The summed E-state index contributed by atoms with van der Waals surface area (Å²) in [7, 11) is 0. The molecule has 0 amide bonds. The van der Waals surface area contributed by atoms with Gasteiger partial charge in [-0.25, -0.2) is 0 Å². The van der Waals surface area contributed by atoms with Crippen LogP contribution in [0.3, 0.4) is 0 Å². The summed E-state index contributed by atoms with van der Waals surface area (Å²) >= 11 is -1.92. The van der Waals surface area contributed by atoms with Crippen molar-refractivity contribution < 1.29 is 12.6 Å². The summed E-state index contributed by atoms with van der Waals surface area (Å²) in [5, 5.41) is 4.39. The lowest BCUT2D eigenvalue weighted by atomic mass is 9.91. The van der Waals surface area contributed by atoms with E-state index in [0.29, 0.717) is 11.5 Å². The van der Waals surface area contributed by atoms with Gasteiger partial charge in [0.1, 0.15) is 0 Å². The first kappa shape index (κ1) is 35.9. The molecule has 4 heteroatoms. The van der Waals surface area contributed by atoms with E-state index in [1.807, 2.05) is 12.1 Å². The van der Waals surface area contributed by atoms with E-state index in [-0.39, 0.29) is 0 Å². The molecule has 0 saturated heterocycles. The van der Waals surface area contributed by atoms with Crippen LogP contribution in [0.1, 0.15) is 141 Å². The SMILES string of the molecule is CCCCCCCCCC/C=C/c1ccc2c3c(ccc2c1)OS(=O)Oc1ccc2cc(/C=C/CCCCCCCCCC)ccc2c1-3. The number of benzene rings is 4. The third-order valence-electron chi connectivity index (χ3n) is 9.65. The molecule has 48 heavy (non-hydrogen) atoms. The maximum atomic E-state index is 12.8. The Balaban J connectivity index is 1.27. The molecule has 4 aromatic carbocycles. The first-order chi connectivity index (χ1) is 23.7. The standard InChI is InChI=1S/C44H56O3S/c1-3-5-7-9-11-13-15-17-19-21-23-35-25-29-39-37(33-35)27-31-41-43(39)44-40-30-26-36(24-22-20-18-16-14-12-10-8-6-4-2)34-38(40)28-32-42(44)47-48(45)46-41/h21-34H,3-20H2,1-2H3/b23-21+,24-22+. The molecule has 1 aliphatic heterocycles. The summed E-state index contributed by atoms with van der Waals surface area (Å²) in [6.07, 6.45) is 32.8. The molecule has 3 nitrogen and oxygen atoms in total. The summed E-state index contributed by atoms with van der Waals surface area (Å²) in [6.45, 7) is 4.55. The summed E-state index contributed by atoms with van der Waals surface area (Å²) < 4.78 is 24.4. The zero-order valence-corrected chi connectivity index (χ0v) is 30.3. The smallest absolute Gasteiger partial charge is 0.370 e. The maximum Gasteiger partial charge on any atom is 0.417 e. The highest BCUT2D eigenvalue weighted by Gasteiger charge is 2.25. The summed E-state index contributed by atoms with van der Waals surface area (Å²) in [6, 6.07) is 21.2. The number of unbranched alkanes of at least 4 members (excludes halogenated alkanes) is 16. The second-order valence-corrected chi connectivity index (χ2v) is 14.3. The highest BCUT2D eigenvalue weighted by molar-refractivity contribution is 7.76. The lowest BCUT2D eigenvalue weighted by Crippen LogP contribution is -2.06. The Morgan fingerprint density at radius 2 is 0.896 bits per heavy atom. The van der Waals surface area contributed by atoms with Gasteiger partial charge < -0.3 is 8.37 Å². The second kappa shape index (κ2) is 19.6. The molecule has 0 atom stereocenters. The van der Waals surface area contributed by atoms with E-state index in [9.17, 15) is 4.21 Å². The van der Waals surface area contributed by atoms with E-state index in [1.165, 1.54) is 114 Å². The minimum Gasteiger partial charge on any atom is -0.370 e. The van der Waals surface area contributed by atoms with Crippen LogP contribution in [0.2, 0.25) is 0 Å². The third-order valence-corrected chi connectivity index (χ3v) is 10.3. The Morgan fingerprint density at radius 1 is 0.500 bits per heavy atom. The van der Waals surface area contributed by atoms with Crippen molar-refractivity contribution in [1.82, 2.24) is 0 Å². The largest absolute Gasteiger partial charge is 0.417 e. The van der Waals surface area contributed by atoms with Gasteiger partial charge in [-0.15, -0.1) is 0 Å². The first-order valence-corrected chi connectivity index (χ1v) is 19.9. The van der Waals surface area contributed by atoms with Crippen molar-refractivity contribution in [2.75, 3.05) is 0 Å². The Labute approximate surface area is 292 Å². The Morgan fingerprint density at radius 3 is 1.31 bits per heavy atom. The van der Waals surface area contributed by atoms with Gasteiger partial charge in [0.2, 0.25) is 0 Å². The molecule has 0 aliphatic carbocycles. The number of hydrogen-bond donors (Lipinski definition) is 0. The van der Waals surface area contributed by atoms with Crippen molar-refractivity contribution in [2.24, 2.45) is 0 Å². The fourth-order valence-corrected chi connectivity index (χ4v) is 7.52. The molecule has 256 valence electrons. The van der Waals surface area contributed by atoms with Crippen LogP contribution in [0.5, 0.6) is 11.5 Å². The summed E-state index contributed by atoms with van der Waals surface area (Å²) in [5.41, 5.74) is 4.26. The Bertz CT molecular complexity index is 1560. The van der Waals surface area contributed by atoms with E-state index in [2.05, 4.69) is 86.7 Å². The van der Waals surface area contributed by atoms with Crippen LogP contribution in [-0.2, 0) is 11.4 Å². The molecular weight excluding hydrogens is 609 g/mol. The molecule has 0 fully saturated rings. The van der Waals surface area contributed by atoms with Gasteiger partial charge in [-0.2, -0.15) is 4.21 Å². The molecule has 0 unspecified atom stereocenters. The average Bonchev–Trinajstić information content (AvgIpc) is 3.25. The van der Waals surface area contributed by atoms with Crippen LogP contribution < -0.4 is 8.37 Å². The average molecular weight is 665 g/mol. The third kappa shape index (κ3) is 10.3. The van der Waals surface area contributed by atoms with Crippen molar-refractivity contribution in [2.45, 2.75) is 129 Å². The van der Waals surface area contributed by atoms with Crippen molar-refractivity contribution >= 4 is 45.1 Å². The summed E-state index contributed by atoms with van der Waals surface area (Å²) in [5.74, 6) is 1.17. The first-order valence-electron chi connectivity index (χ1n) is 18.9. The lowest BCUT2D eigenvalue weighted by Gasteiger charge is -2.14. The minimum absolute atomic E-state index is 0.583.